The number of hydrogen-bond acceptors (Lipinski definition) is 3. The van der Waals surface area contributed by atoms with Crippen LogP contribution < -0.4 is 5.73 Å². The SMILES string of the molecule is Nc1c(C2CCC2)nnn1C1CC1. The van der Waals surface area contributed by atoms with E-state index in [1.54, 1.807) is 0 Å². The Labute approximate surface area is 77.1 Å². The molecule has 13 heavy (non-hydrogen) atoms. The Bertz CT molecular complexity index is 322. The molecule has 2 aliphatic carbocycles. The quantitative estimate of drug-likeness (QED) is 0.746. The van der Waals surface area contributed by atoms with Crippen molar-refractivity contribution < 1.29 is 0 Å². The van der Waals surface area contributed by atoms with Gasteiger partial charge in [-0.05, 0) is 25.7 Å². The fourth-order valence-electron chi connectivity index (χ4n) is 1.87. The summed E-state index contributed by atoms with van der Waals surface area (Å²) in [6, 6.07) is 0.557. The van der Waals surface area contributed by atoms with E-state index in [0.29, 0.717) is 12.0 Å². The molecule has 2 saturated carbocycles. The van der Waals surface area contributed by atoms with Gasteiger partial charge in [-0.2, -0.15) is 0 Å². The second-order valence-corrected chi connectivity index (χ2v) is 4.16. The van der Waals surface area contributed by atoms with Crippen molar-refractivity contribution >= 4 is 5.82 Å². The molecule has 70 valence electrons. The number of aromatic nitrogens is 3. The third-order valence-corrected chi connectivity index (χ3v) is 3.14. The van der Waals surface area contributed by atoms with Crippen LogP contribution in [0.1, 0.15) is 49.8 Å². The van der Waals surface area contributed by atoms with E-state index >= 15 is 0 Å². The lowest BCUT2D eigenvalue weighted by Crippen LogP contribution is -2.12. The topological polar surface area (TPSA) is 56.7 Å². The van der Waals surface area contributed by atoms with E-state index in [1.807, 2.05) is 4.68 Å². The predicted octanol–water partition coefficient (Wildman–Crippen LogP) is 1.46. The molecule has 4 heteroatoms. The van der Waals surface area contributed by atoms with Crippen molar-refractivity contribution in [3.8, 4) is 0 Å². The normalized spacial score (nSPS) is 23.1. The first kappa shape index (κ1) is 7.35. The average molecular weight is 178 g/mol. The van der Waals surface area contributed by atoms with Gasteiger partial charge in [-0.15, -0.1) is 5.10 Å². The van der Waals surface area contributed by atoms with Crippen LogP contribution in [0.2, 0.25) is 0 Å². The maximum absolute atomic E-state index is 5.99. The Hall–Kier alpha value is -1.06. The third kappa shape index (κ3) is 1.04. The second-order valence-electron chi connectivity index (χ2n) is 4.16. The van der Waals surface area contributed by atoms with Crippen LogP contribution in [0.25, 0.3) is 0 Å². The number of nitrogen functional groups attached to an aromatic ring is 1. The minimum atomic E-state index is 0.557. The number of nitrogens with two attached hydrogens (primary N) is 1. The van der Waals surface area contributed by atoms with Gasteiger partial charge in [0.25, 0.3) is 0 Å². The summed E-state index contributed by atoms with van der Waals surface area (Å²) in [5, 5.41) is 8.31. The zero-order valence-corrected chi connectivity index (χ0v) is 7.61. The second kappa shape index (κ2) is 2.47. The molecule has 0 aliphatic heterocycles. The molecule has 4 nitrogen and oxygen atoms in total. The van der Waals surface area contributed by atoms with Crippen LogP contribution in [0.4, 0.5) is 5.82 Å². The molecule has 0 aromatic carbocycles. The van der Waals surface area contributed by atoms with Crippen molar-refractivity contribution in [3.05, 3.63) is 5.69 Å². The average Bonchev–Trinajstić information content (AvgIpc) is 2.78. The van der Waals surface area contributed by atoms with Gasteiger partial charge in [0.2, 0.25) is 0 Å². The monoisotopic (exact) mass is 178 g/mol. The van der Waals surface area contributed by atoms with Gasteiger partial charge in [0.1, 0.15) is 11.5 Å². The molecule has 1 aromatic heterocycles. The summed E-state index contributed by atoms with van der Waals surface area (Å²) >= 11 is 0. The fourth-order valence-corrected chi connectivity index (χ4v) is 1.87. The molecular weight excluding hydrogens is 164 g/mol. The van der Waals surface area contributed by atoms with Crippen molar-refractivity contribution in [2.24, 2.45) is 0 Å². The molecule has 1 heterocycles. The fraction of sp³-hybridized carbons (Fsp3) is 0.778. The van der Waals surface area contributed by atoms with Crippen LogP contribution in [-0.2, 0) is 0 Å². The van der Waals surface area contributed by atoms with Gasteiger partial charge >= 0.3 is 0 Å². The predicted molar refractivity (Wildman–Crippen MR) is 49.3 cm³/mol. The summed E-state index contributed by atoms with van der Waals surface area (Å²) in [5.74, 6) is 1.43. The van der Waals surface area contributed by atoms with Gasteiger partial charge in [-0.1, -0.05) is 11.6 Å². The Kier molecular flexibility index (Phi) is 1.39. The van der Waals surface area contributed by atoms with Crippen LogP contribution in [0.5, 0.6) is 0 Å². The highest BCUT2D eigenvalue weighted by Crippen LogP contribution is 2.41. The summed E-state index contributed by atoms with van der Waals surface area (Å²) < 4.78 is 1.91. The van der Waals surface area contributed by atoms with Gasteiger partial charge in [0.15, 0.2) is 0 Å². The van der Waals surface area contributed by atoms with Crippen LogP contribution >= 0.6 is 0 Å². The molecule has 0 bridgehead atoms. The van der Waals surface area contributed by atoms with E-state index < -0.39 is 0 Å². The van der Waals surface area contributed by atoms with Gasteiger partial charge in [-0.3, -0.25) is 0 Å². The standard InChI is InChI=1S/C9H14N4/c10-9-8(6-2-1-3-6)11-12-13(9)7-4-5-7/h6-7H,1-5,10H2. The molecule has 0 spiro atoms. The summed E-state index contributed by atoms with van der Waals surface area (Å²) in [4.78, 5) is 0. The highest BCUT2D eigenvalue weighted by molar-refractivity contribution is 5.38. The first-order valence-electron chi connectivity index (χ1n) is 5.07. The summed E-state index contributed by atoms with van der Waals surface area (Å²) in [6.07, 6.45) is 6.25. The van der Waals surface area contributed by atoms with Gasteiger partial charge in [-0.25, -0.2) is 4.68 Å². The number of rotatable bonds is 2. The highest BCUT2D eigenvalue weighted by Gasteiger charge is 2.31. The lowest BCUT2D eigenvalue weighted by Gasteiger charge is -2.23. The van der Waals surface area contributed by atoms with E-state index in [1.165, 1.54) is 32.1 Å². The Morgan fingerprint density at radius 3 is 2.54 bits per heavy atom. The number of hydrogen-bond donors (Lipinski definition) is 1. The smallest absolute Gasteiger partial charge is 0.146 e. The molecule has 1 aromatic rings. The summed E-state index contributed by atoms with van der Waals surface area (Å²) in [5.41, 5.74) is 7.05. The van der Waals surface area contributed by atoms with E-state index in [0.717, 1.165) is 11.5 Å². The first-order valence-corrected chi connectivity index (χ1v) is 5.07. The molecule has 2 fully saturated rings. The Morgan fingerprint density at radius 2 is 2.00 bits per heavy atom. The van der Waals surface area contributed by atoms with E-state index in [-0.39, 0.29) is 0 Å². The zero-order valence-electron chi connectivity index (χ0n) is 7.61. The Morgan fingerprint density at radius 1 is 1.23 bits per heavy atom. The molecule has 0 radical (unpaired) electrons. The first-order chi connectivity index (χ1) is 6.36. The van der Waals surface area contributed by atoms with Crippen LogP contribution in [-0.4, -0.2) is 15.0 Å². The van der Waals surface area contributed by atoms with Crippen molar-refractivity contribution in [3.63, 3.8) is 0 Å². The highest BCUT2D eigenvalue weighted by atomic mass is 15.5. The van der Waals surface area contributed by atoms with Crippen LogP contribution in [0.15, 0.2) is 0 Å². The molecule has 2 N–H and O–H groups in total. The van der Waals surface area contributed by atoms with E-state index in [9.17, 15) is 0 Å². The van der Waals surface area contributed by atoms with E-state index in [4.69, 9.17) is 5.73 Å². The van der Waals surface area contributed by atoms with Crippen LogP contribution in [0.3, 0.4) is 0 Å². The number of anilines is 1. The minimum Gasteiger partial charge on any atom is -0.382 e. The third-order valence-electron chi connectivity index (χ3n) is 3.14. The van der Waals surface area contributed by atoms with Crippen molar-refractivity contribution in [1.29, 1.82) is 0 Å². The molecular formula is C9H14N4. The maximum atomic E-state index is 5.99. The van der Waals surface area contributed by atoms with Gasteiger partial charge < -0.3 is 5.73 Å². The van der Waals surface area contributed by atoms with Crippen molar-refractivity contribution in [1.82, 2.24) is 15.0 Å². The molecule has 2 aliphatic rings. The largest absolute Gasteiger partial charge is 0.382 e. The maximum Gasteiger partial charge on any atom is 0.146 e. The molecule has 3 rings (SSSR count). The zero-order chi connectivity index (χ0) is 8.84. The molecule has 0 saturated heterocycles. The van der Waals surface area contributed by atoms with Crippen LogP contribution in [0, 0.1) is 0 Å². The molecule has 0 unspecified atom stereocenters. The summed E-state index contributed by atoms with van der Waals surface area (Å²) in [7, 11) is 0. The van der Waals surface area contributed by atoms with Crippen molar-refractivity contribution in [2.45, 2.75) is 44.1 Å². The van der Waals surface area contributed by atoms with Gasteiger partial charge in [0.05, 0.1) is 6.04 Å². The van der Waals surface area contributed by atoms with Gasteiger partial charge in [0, 0.05) is 5.92 Å². The molecule has 0 amide bonds. The number of nitrogens with zero attached hydrogens (tertiary/aromatic N) is 3. The van der Waals surface area contributed by atoms with E-state index in [2.05, 4.69) is 10.3 Å². The molecule has 0 atom stereocenters. The Balaban J connectivity index is 1.91. The van der Waals surface area contributed by atoms with Crippen molar-refractivity contribution in [2.75, 3.05) is 5.73 Å². The summed E-state index contributed by atoms with van der Waals surface area (Å²) in [6.45, 7) is 0. The lowest BCUT2D eigenvalue weighted by molar-refractivity contribution is 0.411. The lowest BCUT2D eigenvalue weighted by atomic mass is 9.83. The minimum absolute atomic E-state index is 0.557.